The van der Waals surface area contributed by atoms with E-state index < -0.39 is 5.60 Å². The fourth-order valence-electron chi connectivity index (χ4n) is 5.45. The highest BCUT2D eigenvalue weighted by atomic mass is 16.6. The van der Waals surface area contributed by atoms with Crippen LogP contribution in [0, 0.1) is 16.7 Å². The van der Waals surface area contributed by atoms with E-state index in [-0.39, 0.29) is 34.8 Å². The maximum Gasteiger partial charge on any atom is 0.331 e. The highest BCUT2D eigenvalue weighted by Crippen LogP contribution is 2.66. The van der Waals surface area contributed by atoms with Crippen molar-refractivity contribution < 1.29 is 19.1 Å². The summed E-state index contributed by atoms with van der Waals surface area (Å²) in [5.41, 5.74) is -0.301. The maximum atomic E-state index is 12.0. The molecule has 3 saturated carbocycles. The van der Waals surface area contributed by atoms with Crippen LogP contribution < -0.4 is 0 Å². The van der Waals surface area contributed by atoms with Crippen LogP contribution in [-0.2, 0) is 19.1 Å². The first-order valence-electron chi connectivity index (χ1n) is 8.86. The van der Waals surface area contributed by atoms with Gasteiger partial charge in [-0.25, -0.2) is 4.79 Å². The van der Waals surface area contributed by atoms with Crippen LogP contribution in [0.1, 0.15) is 59.3 Å². The van der Waals surface area contributed by atoms with Crippen LogP contribution in [0.5, 0.6) is 0 Å². The Balaban J connectivity index is 1.59. The van der Waals surface area contributed by atoms with Gasteiger partial charge in [0.2, 0.25) is 0 Å². The molecule has 0 unspecified atom stereocenters. The molecule has 3 fully saturated rings. The molecule has 0 aromatic heterocycles. The van der Waals surface area contributed by atoms with E-state index in [1.54, 1.807) is 0 Å². The molecule has 23 heavy (non-hydrogen) atoms. The second kappa shape index (κ2) is 4.69. The summed E-state index contributed by atoms with van der Waals surface area (Å²) in [4.78, 5) is 23.6. The molecule has 4 aliphatic rings. The predicted octanol–water partition coefficient (Wildman–Crippen LogP) is 3.19. The van der Waals surface area contributed by atoms with Gasteiger partial charge in [-0.3, -0.25) is 4.79 Å². The molecule has 0 amide bonds. The number of Topliss-reactive ketones (excluding diaryl/α,β-unsaturated/α-hetero) is 1. The Morgan fingerprint density at radius 1 is 1.17 bits per heavy atom. The largest absolute Gasteiger partial charge is 0.449 e. The van der Waals surface area contributed by atoms with Crippen molar-refractivity contribution in [3.63, 3.8) is 0 Å². The smallest absolute Gasteiger partial charge is 0.331 e. The molecular formula is C19H26O4. The SMILES string of the molecule is CC1(C)[C@H]2CC[C@]1(C)[C@H](O[C@@H]1CC(=O)CC[C@@]13C=CC(=O)O3)C2. The lowest BCUT2D eigenvalue weighted by atomic mass is 9.69. The number of fused-ring (bicyclic) bond motifs is 2. The average Bonchev–Trinajstić information content (AvgIpc) is 3.02. The number of ketones is 1. The second-order valence-corrected chi connectivity index (χ2v) is 8.68. The molecule has 1 heterocycles. The number of hydrogen-bond acceptors (Lipinski definition) is 4. The van der Waals surface area contributed by atoms with E-state index in [0.717, 1.165) is 6.42 Å². The minimum atomic E-state index is -0.715. The third-order valence-electron chi connectivity index (χ3n) is 7.59. The fraction of sp³-hybridized carbons (Fsp3) is 0.789. The minimum absolute atomic E-state index is 0.145. The van der Waals surface area contributed by atoms with E-state index in [0.29, 0.717) is 25.2 Å². The molecular weight excluding hydrogens is 292 g/mol. The van der Waals surface area contributed by atoms with Crippen LogP contribution in [-0.4, -0.2) is 29.6 Å². The average molecular weight is 318 g/mol. The maximum absolute atomic E-state index is 12.0. The zero-order valence-corrected chi connectivity index (χ0v) is 14.3. The molecule has 0 aromatic carbocycles. The van der Waals surface area contributed by atoms with Crippen molar-refractivity contribution in [2.24, 2.45) is 16.7 Å². The normalized spacial score (nSPS) is 47.5. The van der Waals surface area contributed by atoms with Gasteiger partial charge in [-0.2, -0.15) is 0 Å². The molecule has 4 heteroatoms. The quantitative estimate of drug-likeness (QED) is 0.734. The van der Waals surface area contributed by atoms with Crippen LogP contribution in [0.25, 0.3) is 0 Å². The number of carbonyl (C=O) groups is 2. The van der Waals surface area contributed by atoms with Gasteiger partial charge < -0.3 is 9.47 Å². The summed E-state index contributed by atoms with van der Waals surface area (Å²) in [5.74, 6) is 0.589. The van der Waals surface area contributed by atoms with Crippen molar-refractivity contribution in [2.75, 3.05) is 0 Å². The third-order valence-corrected chi connectivity index (χ3v) is 7.59. The van der Waals surface area contributed by atoms with E-state index in [9.17, 15) is 9.59 Å². The number of carbonyl (C=O) groups excluding carboxylic acids is 2. The van der Waals surface area contributed by atoms with Crippen LogP contribution in [0.3, 0.4) is 0 Å². The summed E-state index contributed by atoms with van der Waals surface area (Å²) >= 11 is 0. The summed E-state index contributed by atoms with van der Waals surface area (Å²) in [6.07, 6.45) is 8.01. The van der Waals surface area contributed by atoms with Gasteiger partial charge in [-0.15, -0.1) is 0 Å². The Morgan fingerprint density at radius 3 is 2.52 bits per heavy atom. The first-order valence-corrected chi connectivity index (χ1v) is 8.86. The topological polar surface area (TPSA) is 52.6 Å². The van der Waals surface area contributed by atoms with E-state index >= 15 is 0 Å². The first-order chi connectivity index (χ1) is 10.8. The van der Waals surface area contributed by atoms with E-state index in [1.165, 1.54) is 18.9 Å². The zero-order chi connectivity index (χ0) is 16.5. The Labute approximate surface area is 137 Å². The van der Waals surface area contributed by atoms with Crippen LogP contribution in [0.15, 0.2) is 12.2 Å². The van der Waals surface area contributed by atoms with E-state index in [2.05, 4.69) is 20.8 Å². The Bertz CT molecular complexity index is 592. The lowest BCUT2D eigenvalue weighted by Crippen LogP contribution is -2.51. The first kappa shape index (κ1) is 15.4. The number of rotatable bonds is 2. The van der Waals surface area contributed by atoms with Crippen LogP contribution >= 0.6 is 0 Å². The van der Waals surface area contributed by atoms with Crippen molar-refractivity contribution in [3.05, 3.63) is 12.2 Å². The van der Waals surface area contributed by atoms with Crippen molar-refractivity contribution in [3.8, 4) is 0 Å². The second-order valence-electron chi connectivity index (χ2n) is 8.68. The van der Waals surface area contributed by atoms with Gasteiger partial charge in [0, 0.05) is 25.3 Å². The Morgan fingerprint density at radius 2 is 1.96 bits per heavy atom. The predicted molar refractivity (Wildman–Crippen MR) is 84.7 cm³/mol. The monoisotopic (exact) mass is 318 g/mol. The molecule has 0 N–H and O–H groups in total. The van der Waals surface area contributed by atoms with Crippen molar-refractivity contribution in [2.45, 2.75) is 77.1 Å². The minimum Gasteiger partial charge on any atom is -0.449 e. The molecule has 3 aliphatic carbocycles. The summed E-state index contributed by atoms with van der Waals surface area (Å²) < 4.78 is 12.1. The standard InChI is InChI=1S/C19H26O4/c1-17(2)12-4-7-18(17,3)14(10-12)22-15-11-13(20)5-8-19(15)9-6-16(21)23-19/h6,9,12,14-15H,4-5,7-8,10-11H2,1-3H3/t12-,14+,15+,18+,19+/m0/s1. The summed E-state index contributed by atoms with van der Waals surface area (Å²) in [6.45, 7) is 7.04. The molecule has 5 atom stereocenters. The molecule has 1 spiro atoms. The molecule has 126 valence electrons. The molecule has 2 bridgehead atoms. The van der Waals surface area contributed by atoms with Gasteiger partial charge in [0.05, 0.1) is 6.10 Å². The van der Waals surface area contributed by atoms with Crippen molar-refractivity contribution in [1.29, 1.82) is 0 Å². The van der Waals surface area contributed by atoms with Crippen molar-refractivity contribution in [1.82, 2.24) is 0 Å². The zero-order valence-electron chi connectivity index (χ0n) is 14.3. The van der Waals surface area contributed by atoms with Gasteiger partial charge in [0.1, 0.15) is 11.9 Å². The lowest BCUT2D eigenvalue weighted by Gasteiger charge is -2.44. The molecule has 4 nitrogen and oxygen atoms in total. The third kappa shape index (κ3) is 2.00. The molecule has 1 aliphatic heterocycles. The molecule has 0 saturated heterocycles. The lowest BCUT2D eigenvalue weighted by molar-refractivity contribution is -0.186. The van der Waals surface area contributed by atoms with Gasteiger partial charge >= 0.3 is 5.97 Å². The number of esters is 1. The highest BCUT2D eigenvalue weighted by molar-refractivity contribution is 5.87. The van der Waals surface area contributed by atoms with Gasteiger partial charge in [0.15, 0.2) is 5.60 Å². The number of ether oxygens (including phenoxy) is 2. The molecule has 0 radical (unpaired) electrons. The van der Waals surface area contributed by atoms with Gasteiger partial charge in [0.25, 0.3) is 0 Å². The molecule has 4 rings (SSSR count). The fourth-order valence-corrected chi connectivity index (χ4v) is 5.45. The Hall–Kier alpha value is -1.16. The van der Waals surface area contributed by atoms with Crippen molar-refractivity contribution >= 4 is 11.8 Å². The number of hydrogen-bond donors (Lipinski definition) is 0. The summed E-state index contributed by atoms with van der Waals surface area (Å²) in [5, 5.41) is 0. The van der Waals surface area contributed by atoms with Crippen LogP contribution in [0.4, 0.5) is 0 Å². The van der Waals surface area contributed by atoms with E-state index in [4.69, 9.17) is 9.47 Å². The molecule has 0 aromatic rings. The summed E-state index contributed by atoms with van der Waals surface area (Å²) in [7, 11) is 0. The Kier molecular flexibility index (Phi) is 3.13. The van der Waals surface area contributed by atoms with Gasteiger partial charge in [-0.1, -0.05) is 20.8 Å². The van der Waals surface area contributed by atoms with Gasteiger partial charge in [-0.05, 0) is 42.1 Å². The van der Waals surface area contributed by atoms with E-state index in [1.807, 2.05) is 6.08 Å². The highest BCUT2D eigenvalue weighted by Gasteiger charge is 2.63. The summed E-state index contributed by atoms with van der Waals surface area (Å²) in [6, 6.07) is 0. The van der Waals surface area contributed by atoms with Crippen LogP contribution in [0.2, 0.25) is 0 Å².